The van der Waals surface area contributed by atoms with Gasteiger partial charge in [0.15, 0.2) is 0 Å². The monoisotopic (exact) mass is 586 g/mol. The second-order valence-electron chi connectivity index (χ2n) is 11.9. The third-order valence-corrected chi connectivity index (χ3v) is 9.40. The van der Waals surface area contributed by atoms with Crippen molar-refractivity contribution in [1.29, 1.82) is 0 Å². The highest BCUT2D eigenvalue weighted by molar-refractivity contribution is 6.19. The van der Waals surface area contributed by atoms with Gasteiger partial charge in [0.2, 0.25) is 0 Å². The number of aromatic nitrogens is 4. The van der Waals surface area contributed by atoms with Crippen molar-refractivity contribution in [3.63, 3.8) is 0 Å². The minimum Gasteiger partial charge on any atom is -0.309 e. The third-order valence-electron chi connectivity index (χ3n) is 9.40. The Morgan fingerprint density at radius 1 is 0.391 bits per heavy atom. The molecule has 0 fully saturated rings. The predicted octanol–water partition coefficient (Wildman–Crippen LogP) is 10.6. The van der Waals surface area contributed by atoms with E-state index in [-0.39, 0.29) is 0 Å². The van der Waals surface area contributed by atoms with E-state index < -0.39 is 0 Å². The van der Waals surface area contributed by atoms with E-state index in [1.807, 2.05) is 24.5 Å². The van der Waals surface area contributed by atoms with E-state index in [9.17, 15) is 0 Å². The fourth-order valence-electron chi connectivity index (χ4n) is 7.38. The van der Waals surface area contributed by atoms with Crippen LogP contribution in [0.1, 0.15) is 0 Å². The molecule has 46 heavy (non-hydrogen) atoms. The van der Waals surface area contributed by atoms with Crippen LogP contribution in [0.2, 0.25) is 0 Å². The second kappa shape index (κ2) is 9.62. The summed E-state index contributed by atoms with van der Waals surface area (Å²) in [5, 5.41) is 8.38. The van der Waals surface area contributed by atoms with Gasteiger partial charge in [0.25, 0.3) is 0 Å². The number of hydrogen-bond acceptors (Lipinski definition) is 2. The minimum absolute atomic E-state index is 0.908. The largest absolute Gasteiger partial charge is 0.309 e. The predicted molar refractivity (Wildman–Crippen MR) is 191 cm³/mol. The molecule has 0 bridgehead atoms. The number of nitrogens with zero attached hydrogens (tertiary/aromatic N) is 4. The summed E-state index contributed by atoms with van der Waals surface area (Å²) in [7, 11) is 0. The standard InChI is InChI=1S/C42H26N4/c1-2-10-27(11-3-1)30-21-23-44-42-34(30)19-17-28-24-36-32-13-5-6-14-37(32)45(40(36)26-35(28)42)29-18-20-33-31-12-4-7-15-38(31)46(39(33)25-29)41-16-8-9-22-43-41/h1-26H. The van der Waals surface area contributed by atoms with Crippen molar-refractivity contribution >= 4 is 65.3 Å². The van der Waals surface area contributed by atoms with E-state index in [0.29, 0.717) is 0 Å². The molecule has 4 nitrogen and oxygen atoms in total. The number of pyridine rings is 2. The maximum absolute atomic E-state index is 4.95. The van der Waals surface area contributed by atoms with Crippen LogP contribution in [0.25, 0.3) is 87.9 Å². The van der Waals surface area contributed by atoms with Crippen LogP contribution >= 0.6 is 0 Å². The van der Waals surface area contributed by atoms with Crippen molar-refractivity contribution in [1.82, 2.24) is 19.1 Å². The quantitative estimate of drug-likeness (QED) is 0.193. The first-order chi connectivity index (χ1) is 22.8. The second-order valence-corrected chi connectivity index (χ2v) is 11.9. The Balaban J connectivity index is 1.29. The fraction of sp³-hybridized carbons (Fsp3) is 0. The SMILES string of the molecule is c1ccc(-c2ccnc3c2ccc2cc4c5ccccc5n(-c5ccc6c7ccccc7n(-c7ccccn7)c6c5)c4cc23)cc1. The molecule has 4 heterocycles. The molecule has 0 aliphatic heterocycles. The Hall–Kier alpha value is -6.26. The lowest BCUT2D eigenvalue weighted by Gasteiger charge is -2.12. The summed E-state index contributed by atoms with van der Waals surface area (Å²) < 4.78 is 4.68. The van der Waals surface area contributed by atoms with Gasteiger partial charge in [0.05, 0.1) is 27.6 Å². The van der Waals surface area contributed by atoms with Crippen LogP contribution in [-0.2, 0) is 0 Å². The number of fused-ring (bicyclic) bond motifs is 9. The Morgan fingerprint density at radius 3 is 1.91 bits per heavy atom. The molecule has 6 aromatic carbocycles. The summed E-state index contributed by atoms with van der Waals surface area (Å²) in [6, 6.07) is 52.1. The maximum atomic E-state index is 4.95. The highest BCUT2D eigenvalue weighted by atomic mass is 15.1. The topological polar surface area (TPSA) is 35.6 Å². The summed E-state index contributed by atoms with van der Waals surface area (Å²) in [6.07, 6.45) is 3.80. The van der Waals surface area contributed by atoms with Crippen molar-refractivity contribution in [2.45, 2.75) is 0 Å². The van der Waals surface area contributed by atoms with Gasteiger partial charge in [-0.25, -0.2) is 4.98 Å². The summed E-state index contributed by atoms with van der Waals surface area (Å²) in [5.74, 6) is 0.908. The van der Waals surface area contributed by atoms with E-state index in [0.717, 1.165) is 44.3 Å². The van der Waals surface area contributed by atoms with Crippen molar-refractivity contribution in [2.24, 2.45) is 0 Å². The Kier molecular flexibility index (Phi) is 5.25. The summed E-state index contributed by atoms with van der Waals surface area (Å²) >= 11 is 0. The van der Waals surface area contributed by atoms with Crippen LogP contribution in [-0.4, -0.2) is 19.1 Å². The van der Waals surface area contributed by atoms with E-state index >= 15 is 0 Å². The van der Waals surface area contributed by atoms with Gasteiger partial charge < -0.3 is 4.57 Å². The smallest absolute Gasteiger partial charge is 0.137 e. The first-order valence-corrected chi connectivity index (χ1v) is 15.6. The first-order valence-electron chi connectivity index (χ1n) is 15.6. The molecular formula is C42H26N4. The van der Waals surface area contributed by atoms with Gasteiger partial charge in [0.1, 0.15) is 5.82 Å². The van der Waals surface area contributed by atoms with Gasteiger partial charge in [-0.3, -0.25) is 9.55 Å². The summed E-state index contributed by atoms with van der Waals surface area (Å²) in [5.41, 5.74) is 9.13. The van der Waals surface area contributed by atoms with E-state index in [2.05, 4.69) is 143 Å². The van der Waals surface area contributed by atoms with Crippen LogP contribution in [0.4, 0.5) is 0 Å². The zero-order valence-electron chi connectivity index (χ0n) is 24.8. The maximum Gasteiger partial charge on any atom is 0.137 e. The lowest BCUT2D eigenvalue weighted by molar-refractivity contribution is 1.08. The van der Waals surface area contributed by atoms with Crippen LogP contribution in [0.15, 0.2) is 158 Å². The Bertz CT molecular complexity index is 2790. The van der Waals surface area contributed by atoms with Crippen LogP contribution in [0.5, 0.6) is 0 Å². The molecule has 0 saturated heterocycles. The van der Waals surface area contributed by atoms with E-state index in [4.69, 9.17) is 9.97 Å². The number of rotatable bonds is 3. The molecule has 0 saturated carbocycles. The average Bonchev–Trinajstić information content (AvgIpc) is 3.63. The fourth-order valence-corrected chi connectivity index (χ4v) is 7.38. The summed E-state index contributed by atoms with van der Waals surface area (Å²) in [4.78, 5) is 9.70. The van der Waals surface area contributed by atoms with Gasteiger partial charge >= 0.3 is 0 Å². The minimum atomic E-state index is 0.908. The first kappa shape index (κ1) is 25.1. The van der Waals surface area contributed by atoms with Crippen molar-refractivity contribution in [2.75, 3.05) is 0 Å². The lowest BCUT2D eigenvalue weighted by atomic mass is 9.97. The van der Waals surface area contributed by atoms with Crippen LogP contribution in [0, 0.1) is 0 Å². The average molecular weight is 587 g/mol. The number of hydrogen-bond donors (Lipinski definition) is 0. The molecule has 0 unspecified atom stereocenters. The Labute approximate surface area is 264 Å². The van der Waals surface area contributed by atoms with Gasteiger partial charge in [-0.15, -0.1) is 0 Å². The van der Waals surface area contributed by atoms with E-state index in [1.165, 1.54) is 43.6 Å². The highest BCUT2D eigenvalue weighted by Gasteiger charge is 2.18. The molecule has 0 aliphatic carbocycles. The van der Waals surface area contributed by atoms with Gasteiger partial charge in [-0.1, -0.05) is 91.0 Å². The molecule has 0 aliphatic rings. The molecular weight excluding hydrogens is 560 g/mol. The zero-order chi connectivity index (χ0) is 30.2. The molecule has 0 amide bonds. The highest BCUT2D eigenvalue weighted by Crippen LogP contribution is 2.40. The normalized spacial score (nSPS) is 11.9. The molecule has 0 atom stereocenters. The molecule has 214 valence electrons. The molecule has 10 rings (SSSR count). The van der Waals surface area contributed by atoms with Crippen molar-refractivity contribution < 1.29 is 0 Å². The molecule has 10 aromatic rings. The van der Waals surface area contributed by atoms with Crippen LogP contribution < -0.4 is 0 Å². The zero-order valence-corrected chi connectivity index (χ0v) is 24.8. The van der Waals surface area contributed by atoms with Gasteiger partial charge in [-0.05, 0) is 71.1 Å². The molecule has 4 heteroatoms. The third kappa shape index (κ3) is 3.55. The number of benzene rings is 6. The molecule has 0 N–H and O–H groups in total. The molecule has 0 radical (unpaired) electrons. The molecule has 0 spiro atoms. The van der Waals surface area contributed by atoms with Gasteiger partial charge in [-0.2, -0.15) is 0 Å². The molecule has 4 aromatic heterocycles. The Morgan fingerprint density at radius 2 is 1.09 bits per heavy atom. The van der Waals surface area contributed by atoms with Crippen molar-refractivity contribution in [3.05, 3.63) is 158 Å². The summed E-state index contributed by atoms with van der Waals surface area (Å²) in [6.45, 7) is 0. The van der Waals surface area contributed by atoms with Crippen LogP contribution in [0.3, 0.4) is 0 Å². The number of para-hydroxylation sites is 2. The van der Waals surface area contributed by atoms with E-state index in [1.54, 1.807) is 0 Å². The van der Waals surface area contributed by atoms with Gasteiger partial charge in [0, 0.05) is 50.4 Å². The lowest BCUT2D eigenvalue weighted by Crippen LogP contribution is -1.98. The van der Waals surface area contributed by atoms with Crippen molar-refractivity contribution in [3.8, 4) is 22.6 Å².